The lowest BCUT2D eigenvalue weighted by Crippen LogP contribution is -2.50. The van der Waals surface area contributed by atoms with E-state index in [-0.39, 0.29) is 17.4 Å². The number of hydrogen-bond donors (Lipinski definition) is 1. The van der Waals surface area contributed by atoms with Gasteiger partial charge in [-0.2, -0.15) is 4.31 Å². The van der Waals surface area contributed by atoms with Gasteiger partial charge in [0.05, 0.1) is 30.2 Å². The predicted octanol–water partition coefficient (Wildman–Crippen LogP) is 0.862. The molecule has 0 aliphatic carbocycles. The van der Waals surface area contributed by atoms with Gasteiger partial charge in [0.15, 0.2) is 0 Å². The molecule has 8 heteroatoms. The summed E-state index contributed by atoms with van der Waals surface area (Å²) in [6.45, 7) is 3.31. The van der Waals surface area contributed by atoms with Crippen molar-refractivity contribution in [1.82, 2.24) is 14.3 Å². The van der Waals surface area contributed by atoms with E-state index in [4.69, 9.17) is 4.74 Å². The van der Waals surface area contributed by atoms with Crippen molar-refractivity contribution in [3.63, 3.8) is 0 Å². The van der Waals surface area contributed by atoms with E-state index in [1.807, 2.05) is 0 Å². The Hall–Kier alpha value is -1.25. The van der Waals surface area contributed by atoms with E-state index in [1.165, 1.54) is 0 Å². The highest BCUT2D eigenvalue weighted by molar-refractivity contribution is 7.89. The van der Waals surface area contributed by atoms with Crippen LogP contribution in [0.2, 0.25) is 0 Å². The van der Waals surface area contributed by atoms with Crippen molar-refractivity contribution in [1.29, 1.82) is 0 Å². The van der Waals surface area contributed by atoms with Gasteiger partial charge in [-0.05, 0) is 19.8 Å². The van der Waals surface area contributed by atoms with Gasteiger partial charge in [0, 0.05) is 31.9 Å². The van der Waals surface area contributed by atoms with Gasteiger partial charge < -0.3 is 10.1 Å². The fraction of sp³-hybridized carbons (Fsp3) is 0.714. The Kier molecular flexibility index (Phi) is 4.33. The van der Waals surface area contributed by atoms with Crippen molar-refractivity contribution in [3.8, 4) is 0 Å². The molecule has 3 heterocycles. The molecule has 0 radical (unpaired) electrons. The zero-order chi connectivity index (χ0) is 15.6. The number of aromatic nitrogens is 2. The maximum Gasteiger partial charge on any atom is 0.213 e. The van der Waals surface area contributed by atoms with Crippen molar-refractivity contribution in [2.24, 2.45) is 0 Å². The predicted molar refractivity (Wildman–Crippen MR) is 83.0 cm³/mol. The largest absolute Gasteiger partial charge is 0.371 e. The number of rotatable bonds is 4. The fourth-order valence-corrected chi connectivity index (χ4v) is 4.49. The van der Waals surface area contributed by atoms with Crippen LogP contribution in [0.1, 0.15) is 26.2 Å². The second-order valence-corrected chi connectivity index (χ2v) is 8.23. The molecule has 122 valence electrons. The summed E-state index contributed by atoms with van der Waals surface area (Å²) >= 11 is 0. The van der Waals surface area contributed by atoms with E-state index < -0.39 is 10.0 Å². The summed E-state index contributed by atoms with van der Waals surface area (Å²) in [5.74, 6) is 0.867. The van der Waals surface area contributed by atoms with E-state index in [9.17, 15) is 8.42 Å². The molecule has 2 atom stereocenters. The lowest BCUT2D eigenvalue weighted by atomic mass is 9.90. The number of nitrogens with zero attached hydrogens (tertiary/aromatic N) is 3. The molecule has 0 unspecified atom stereocenters. The van der Waals surface area contributed by atoms with E-state index in [0.717, 1.165) is 25.1 Å². The molecular formula is C14H22N4O3S. The summed E-state index contributed by atoms with van der Waals surface area (Å²) in [6, 6.07) is 0.140. The zero-order valence-electron chi connectivity index (χ0n) is 12.7. The van der Waals surface area contributed by atoms with E-state index in [0.29, 0.717) is 19.7 Å². The van der Waals surface area contributed by atoms with Gasteiger partial charge >= 0.3 is 0 Å². The third-order valence-electron chi connectivity index (χ3n) is 4.39. The van der Waals surface area contributed by atoms with Crippen LogP contribution in [0.25, 0.3) is 0 Å². The first-order chi connectivity index (χ1) is 10.5. The molecule has 0 saturated carbocycles. The summed E-state index contributed by atoms with van der Waals surface area (Å²) in [4.78, 5) is 8.24. The number of nitrogens with one attached hydrogen (secondary N) is 1. The average Bonchev–Trinajstić information content (AvgIpc) is 2.90. The van der Waals surface area contributed by atoms with Crippen LogP contribution >= 0.6 is 0 Å². The van der Waals surface area contributed by atoms with Crippen molar-refractivity contribution in [3.05, 3.63) is 18.6 Å². The number of ether oxygens (including phenoxy) is 1. The SMILES string of the molecule is CCS(=O)(=O)N1CCC[C@]2(C[C@@H](Nc3cnccn3)CO2)C1. The maximum absolute atomic E-state index is 12.1. The normalized spacial score (nSPS) is 29.8. The monoisotopic (exact) mass is 326 g/mol. The molecule has 1 spiro atoms. The topological polar surface area (TPSA) is 84.4 Å². The Morgan fingerprint density at radius 1 is 1.50 bits per heavy atom. The van der Waals surface area contributed by atoms with Crippen LogP contribution in [-0.4, -0.2) is 59.8 Å². The maximum atomic E-state index is 12.1. The lowest BCUT2D eigenvalue weighted by molar-refractivity contribution is -0.0329. The minimum absolute atomic E-state index is 0.140. The summed E-state index contributed by atoms with van der Waals surface area (Å²) in [5, 5.41) is 3.31. The van der Waals surface area contributed by atoms with Crippen LogP contribution in [0.3, 0.4) is 0 Å². The quantitative estimate of drug-likeness (QED) is 0.883. The molecule has 2 aliphatic rings. The number of anilines is 1. The third-order valence-corrected chi connectivity index (χ3v) is 6.21. The highest BCUT2D eigenvalue weighted by Gasteiger charge is 2.45. The van der Waals surface area contributed by atoms with Crippen molar-refractivity contribution in [2.45, 2.75) is 37.8 Å². The molecule has 0 bridgehead atoms. The Labute approximate surface area is 131 Å². The van der Waals surface area contributed by atoms with Crippen LogP contribution in [0.4, 0.5) is 5.82 Å². The third kappa shape index (κ3) is 3.23. The Morgan fingerprint density at radius 2 is 2.36 bits per heavy atom. The number of sulfonamides is 1. The second-order valence-electron chi connectivity index (χ2n) is 5.97. The Morgan fingerprint density at radius 3 is 3.09 bits per heavy atom. The lowest BCUT2D eigenvalue weighted by Gasteiger charge is -2.38. The standard InChI is InChI=1S/C14H22N4O3S/c1-2-22(19,20)18-7-3-4-14(11-18)8-12(10-21-14)17-13-9-15-5-6-16-13/h5-6,9,12H,2-4,7-8,10-11H2,1H3,(H,16,17)/t12-,14+/m1/s1. The van der Waals surface area contributed by atoms with Crippen LogP contribution in [0, 0.1) is 0 Å². The van der Waals surface area contributed by atoms with Gasteiger partial charge in [-0.1, -0.05) is 0 Å². The first-order valence-electron chi connectivity index (χ1n) is 7.67. The van der Waals surface area contributed by atoms with Crippen molar-refractivity contribution >= 4 is 15.8 Å². The zero-order valence-corrected chi connectivity index (χ0v) is 13.6. The molecule has 1 aromatic heterocycles. The van der Waals surface area contributed by atoms with Gasteiger partial charge in [0.1, 0.15) is 5.82 Å². The van der Waals surface area contributed by atoms with Crippen LogP contribution in [0.15, 0.2) is 18.6 Å². The van der Waals surface area contributed by atoms with E-state index in [1.54, 1.807) is 29.8 Å². The molecule has 2 aliphatic heterocycles. The molecule has 3 rings (SSSR count). The van der Waals surface area contributed by atoms with Gasteiger partial charge in [-0.25, -0.2) is 13.4 Å². The first-order valence-corrected chi connectivity index (χ1v) is 9.28. The highest BCUT2D eigenvalue weighted by atomic mass is 32.2. The van der Waals surface area contributed by atoms with Crippen molar-refractivity contribution in [2.75, 3.05) is 30.8 Å². The summed E-state index contributed by atoms with van der Waals surface area (Å²) in [7, 11) is -3.15. The van der Waals surface area contributed by atoms with Gasteiger partial charge in [-0.3, -0.25) is 4.98 Å². The molecule has 0 aromatic carbocycles. The second kappa shape index (κ2) is 6.10. The van der Waals surface area contributed by atoms with E-state index in [2.05, 4.69) is 15.3 Å². The van der Waals surface area contributed by atoms with Crippen LogP contribution in [0.5, 0.6) is 0 Å². The van der Waals surface area contributed by atoms with Crippen LogP contribution in [-0.2, 0) is 14.8 Å². The first kappa shape index (κ1) is 15.6. The number of piperidine rings is 1. The minimum atomic E-state index is -3.15. The average molecular weight is 326 g/mol. The minimum Gasteiger partial charge on any atom is -0.371 e. The fourth-order valence-electron chi connectivity index (χ4n) is 3.28. The molecule has 1 aromatic rings. The van der Waals surface area contributed by atoms with Gasteiger partial charge in [-0.15, -0.1) is 0 Å². The molecular weight excluding hydrogens is 304 g/mol. The molecule has 2 saturated heterocycles. The molecule has 22 heavy (non-hydrogen) atoms. The summed E-state index contributed by atoms with van der Waals surface area (Å²) in [6.07, 6.45) is 7.49. The van der Waals surface area contributed by atoms with Gasteiger partial charge in [0.25, 0.3) is 0 Å². The molecule has 2 fully saturated rings. The Balaban J connectivity index is 1.65. The van der Waals surface area contributed by atoms with Crippen molar-refractivity contribution < 1.29 is 13.2 Å². The molecule has 1 N–H and O–H groups in total. The molecule has 7 nitrogen and oxygen atoms in total. The van der Waals surface area contributed by atoms with Gasteiger partial charge in [0.2, 0.25) is 10.0 Å². The van der Waals surface area contributed by atoms with Crippen LogP contribution < -0.4 is 5.32 Å². The number of hydrogen-bond acceptors (Lipinski definition) is 6. The summed E-state index contributed by atoms with van der Waals surface area (Å²) < 4.78 is 31.8. The Bertz CT molecular complexity index is 610. The highest BCUT2D eigenvalue weighted by Crippen LogP contribution is 2.36. The summed E-state index contributed by atoms with van der Waals surface area (Å²) in [5.41, 5.74) is -0.361. The smallest absolute Gasteiger partial charge is 0.213 e. The molecule has 0 amide bonds. The van der Waals surface area contributed by atoms with E-state index >= 15 is 0 Å².